The molecule has 0 bridgehead atoms. The van der Waals surface area contributed by atoms with E-state index in [1.165, 1.54) is 31.0 Å². The predicted molar refractivity (Wildman–Crippen MR) is 138 cm³/mol. The lowest BCUT2D eigenvalue weighted by Crippen LogP contribution is -2.46. The summed E-state index contributed by atoms with van der Waals surface area (Å²) in [6.45, 7) is 5.12. The van der Waals surface area contributed by atoms with Crippen molar-refractivity contribution in [3.63, 3.8) is 0 Å². The summed E-state index contributed by atoms with van der Waals surface area (Å²) in [5.41, 5.74) is 4.41. The smallest absolute Gasteiger partial charge is 0.130 e. The van der Waals surface area contributed by atoms with Crippen molar-refractivity contribution in [2.45, 2.75) is 19.4 Å². The predicted octanol–water partition coefficient (Wildman–Crippen LogP) is 4.47. The third-order valence-electron chi connectivity index (χ3n) is 7.39. The summed E-state index contributed by atoms with van der Waals surface area (Å²) in [5, 5.41) is 14.1. The molecular weight excluding hydrogens is 472 g/mol. The number of fused-ring (bicyclic) bond motifs is 1. The van der Waals surface area contributed by atoms with Crippen LogP contribution in [0.4, 0.5) is 20.3 Å². The fourth-order valence-corrected chi connectivity index (χ4v) is 5.33. The second-order valence-corrected chi connectivity index (χ2v) is 9.64. The monoisotopic (exact) mass is 499 g/mol. The van der Waals surface area contributed by atoms with Crippen molar-refractivity contribution in [2.24, 2.45) is 0 Å². The minimum atomic E-state index is -0.500. The highest BCUT2D eigenvalue weighted by Gasteiger charge is 2.22. The number of anilines is 2. The van der Waals surface area contributed by atoms with E-state index in [4.69, 9.17) is 4.98 Å². The third kappa shape index (κ3) is 4.49. The van der Waals surface area contributed by atoms with Crippen LogP contribution in [0.5, 0.6) is 0 Å². The Morgan fingerprint density at radius 1 is 0.892 bits per heavy atom. The largest absolute Gasteiger partial charge is 0.370 e. The third-order valence-corrected chi connectivity index (χ3v) is 7.39. The van der Waals surface area contributed by atoms with Crippen LogP contribution in [-0.2, 0) is 6.54 Å². The second kappa shape index (κ2) is 9.79. The van der Waals surface area contributed by atoms with Gasteiger partial charge in [0, 0.05) is 68.7 Å². The number of nitrogens with zero attached hydrogens (tertiary/aromatic N) is 7. The molecule has 2 aliphatic heterocycles. The maximum absolute atomic E-state index is 14.0. The van der Waals surface area contributed by atoms with E-state index in [-0.39, 0.29) is 12.1 Å². The summed E-state index contributed by atoms with van der Waals surface area (Å²) < 4.78 is 29.9. The first-order valence-electron chi connectivity index (χ1n) is 12.6. The summed E-state index contributed by atoms with van der Waals surface area (Å²) in [4.78, 5) is 11.4. The minimum Gasteiger partial charge on any atom is -0.370 e. The molecule has 37 heavy (non-hydrogen) atoms. The van der Waals surface area contributed by atoms with Crippen molar-refractivity contribution >= 4 is 17.0 Å². The SMILES string of the molecule is N#Cc1cnn2cc(N3CCCC3)cc(-c3ccc(N4CCN(Cc5c(F)cccc5F)CC4)nc3)c12. The van der Waals surface area contributed by atoms with Gasteiger partial charge in [0.05, 0.1) is 29.2 Å². The number of piperazine rings is 1. The molecule has 5 heterocycles. The topological polar surface area (TPSA) is 63.7 Å². The van der Waals surface area contributed by atoms with Crippen molar-refractivity contribution in [3.05, 3.63) is 77.8 Å². The van der Waals surface area contributed by atoms with Crippen LogP contribution in [0.15, 0.2) is 55.0 Å². The Morgan fingerprint density at radius 3 is 2.32 bits per heavy atom. The van der Waals surface area contributed by atoms with E-state index in [1.807, 2.05) is 24.5 Å². The van der Waals surface area contributed by atoms with Crippen LogP contribution in [0.3, 0.4) is 0 Å². The molecule has 9 heteroatoms. The molecule has 2 fully saturated rings. The highest BCUT2D eigenvalue weighted by molar-refractivity contribution is 5.86. The van der Waals surface area contributed by atoms with E-state index in [1.54, 1.807) is 10.7 Å². The number of hydrogen-bond acceptors (Lipinski definition) is 6. The van der Waals surface area contributed by atoms with Crippen LogP contribution < -0.4 is 9.80 Å². The molecule has 2 saturated heterocycles. The lowest BCUT2D eigenvalue weighted by atomic mass is 10.0. The van der Waals surface area contributed by atoms with Gasteiger partial charge in [0.15, 0.2) is 0 Å². The standard InChI is InChI=1S/C28H27F2N7/c29-25-4-3-5-26(30)24(25)19-34-10-12-36(13-11-34)27-7-6-20(16-32-27)23-14-22(35-8-1-2-9-35)18-37-28(23)21(15-31)17-33-37/h3-7,14,16-18H,1-2,8-13,19H2. The van der Waals surface area contributed by atoms with Crippen molar-refractivity contribution in [1.29, 1.82) is 5.26 Å². The van der Waals surface area contributed by atoms with Gasteiger partial charge in [0.25, 0.3) is 0 Å². The van der Waals surface area contributed by atoms with Crippen LogP contribution >= 0.6 is 0 Å². The number of nitriles is 1. The highest BCUT2D eigenvalue weighted by atomic mass is 19.1. The van der Waals surface area contributed by atoms with Gasteiger partial charge in [-0.2, -0.15) is 10.4 Å². The van der Waals surface area contributed by atoms with Gasteiger partial charge in [-0.05, 0) is 43.2 Å². The van der Waals surface area contributed by atoms with E-state index in [0.29, 0.717) is 18.7 Å². The Hall–Kier alpha value is -4.03. The van der Waals surface area contributed by atoms with Crippen LogP contribution in [0.1, 0.15) is 24.0 Å². The summed E-state index contributed by atoms with van der Waals surface area (Å²) >= 11 is 0. The number of hydrogen-bond donors (Lipinski definition) is 0. The summed E-state index contributed by atoms with van der Waals surface area (Å²) in [7, 11) is 0. The van der Waals surface area contributed by atoms with E-state index < -0.39 is 11.6 Å². The quantitative estimate of drug-likeness (QED) is 0.404. The highest BCUT2D eigenvalue weighted by Crippen LogP contribution is 2.33. The van der Waals surface area contributed by atoms with Gasteiger partial charge >= 0.3 is 0 Å². The number of benzene rings is 1. The van der Waals surface area contributed by atoms with Gasteiger partial charge in [0.2, 0.25) is 0 Å². The molecule has 3 aromatic heterocycles. The lowest BCUT2D eigenvalue weighted by molar-refractivity contribution is 0.242. The first kappa shape index (κ1) is 23.4. The van der Waals surface area contributed by atoms with Gasteiger partial charge in [0.1, 0.15) is 23.5 Å². The summed E-state index contributed by atoms with van der Waals surface area (Å²) in [6, 6.07) is 12.4. The molecule has 0 atom stereocenters. The zero-order chi connectivity index (χ0) is 25.4. The lowest BCUT2D eigenvalue weighted by Gasteiger charge is -2.35. The number of halogens is 2. The van der Waals surface area contributed by atoms with E-state index in [2.05, 4.69) is 31.9 Å². The minimum absolute atomic E-state index is 0.123. The maximum Gasteiger partial charge on any atom is 0.130 e. The van der Waals surface area contributed by atoms with Gasteiger partial charge in [-0.3, -0.25) is 4.90 Å². The van der Waals surface area contributed by atoms with Crippen LogP contribution in [0.2, 0.25) is 0 Å². The van der Waals surface area contributed by atoms with Gasteiger partial charge < -0.3 is 9.80 Å². The molecular formula is C28H27F2N7. The van der Waals surface area contributed by atoms with E-state index >= 15 is 0 Å². The molecule has 6 rings (SSSR count). The fraction of sp³-hybridized carbons (Fsp3) is 0.321. The molecule has 7 nitrogen and oxygen atoms in total. The molecule has 0 aliphatic carbocycles. The van der Waals surface area contributed by atoms with Crippen LogP contribution in [0, 0.1) is 23.0 Å². The molecule has 2 aliphatic rings. The number of pyridine rings is 2. The molecule has 188 valence electrons. The normalized spacial score (nSPS) is 16.5. The average Bonchev–Trinajstić information content (AvgIpc) is 3.61. The van der Waals surface area contributed by atoms with Crippen LogP contribution in [0.25, 0.3) is 16.6 Å². The molecule has 0 spiro atoms. The Labute approximate surface area is 214 Å². The fourth-order valence-electron chi connectivity index (χ4n) is 5.33. The molecule has 0 amide bonds. The zero-order valence-corrected chi connectivity index (χ0v) is 20.4. The van der Waals surface area contributed by atoms with Crippen molar-refractivity contribution in [2.75, 3.05) is 49.1 Å². The molecule has 0 saturated carbocycles. The maximum atomic E-state index is 14.0. The second-order valence-electron chi connectivity index (χ2n) is 9.64. The average molecular weight is 500 g/mol. The van der Waals surface area contributed by atoms with Crippen molar-refractivity contribution in [3.8, 4) is 17.2 Å². The van der Waals surface area contributed by atoms with Gasteiger partial charge in [-0.1, -0.05) is 6.07 Å². The van der Waals surface area contributed by atoms with E-state index in [9.17, 15) is 14.0 Å². The van der Waals surface area contributed by atoms with Crippen molar-refractivity contribution in [1.82, 2.24) is 19.5 Å². The molecule has 4 aromatic rings. The van der Waals surface area contributed by atoms with E-state index in [0.717, 1.165) is 54.3 Å². The summed E-state index contributed by atoms with van der Waals surface area (Å²) in [6.07, 6.45) is 7.82. The van der Waals surface area contributed by atoms with Gasteiger partial charge in [-0.15, -0.1) is 0 Å². The molecule has 0 unspecified atom stereocenters. The Balaban J connectivity index is 1.21. The molecule has 0 radical (unpaired) electrons. The van der Waals surface area contributed by atoms with Gasteiger partial charge in [-0.25, -0.2) is 18.3 Å². The van der Waals surface area contributed by atoms with Crippen LogP contribution in [-0.4, -0.2) is 58.8 Å². The van der Waals surface area contributed by atoms with Crippen molar-refractivity contribution < 1.29 is 8.78 Å². The molecule has 0 N–H and O–H groups in total. The number of aromatic nitrogens is 3. The molecule has 1 aromatic carbocycles. The Kier molecular flexibility index (Phi) is 6.18. The first-order chi connectivity index (χ1) is 18.1. The summed E-state index contributed by atoms with van der Waals surface area (Å²) in [5.74, 6) is -0.137. The number of rotatable bonds is 5. The Morgan fingerprint density at radius 2 is 1.65 bits per heavy atom. The Bertz CT molecular complexity index is 1440. The first-order valence-corrected chi connectivity index (χ1v) is 12.6. The zero-order valence-electron chi connectivity index (χ0n) is 20.4.